The number of hydrogen-bond donors (Lipinski definition) is 1. The molecule has 0 bridgehead atoms. The van der Waals surface area contributed by atoms with E-state index in [-0.39, 0.29) is 5.78 Å². The van der Waals surface area contributed by atoms with Crippen LogP contribution in [-0.4, -0.2) is 12.8 Å². The van der Waals surface area contributed by atoms with Crippen molar-refractivity contribution in [3.63, 3.8) is 0 Å². The van der Waals surface area contributed by atoms with Gasteiger partial charge in [-0.2, -0.15) is 0 Å². The van der Waals surface area contributed by atoms with Crippen molar-refractivity contribution in [1.29, 1.82) is 0 Å². The van der Waals surface area contributed by atoms with Crippen molar-refractivity contribution in [1.82, 2.24) is 0 Å². The van der Waals surface area contributed by atoms with E-state index in [1.165, 1.54) is 0 Å². The van der Waals surface area contributed by atoms with Gasteiger partial charge in [-0.15, -0.1) is 0 Å². The Hall–Kier alpha value is -2.09. The fourth-order valence-electron chi connectivity index (χ4n) is 2.18. The molecule has 0 saturated carbocycles. The molecule has 3 rings (SSSR count). The van der Waals surface area contributed by atoms with E-state index in [4.69, 9.17) is 0 Å². The van der Waals surface area contributed by atoms with E-state index < -0.39 is 0 Å². The normalized spacial score (nSPS) is 12.2. The van der Waals surface area contributed by atoms with Gasteiger partial charge in [-0.25, -0.2) is 0 Å². The van der Waals surface area contributed by atoms with Crippen molar-refractivity contribution < 1.29 is 4.79 Å². The zero-order valence-corrected chi connectivity index (χ0v) is 8.95. The zero-order valence-electron chi connectivity index (χ0n) is 8.95. The molecule has 78 valence electrons. The minimum Gasteiger partial charge on any atom is -0.388 e. The zero-order chi connectivity index (χ0) is 11.1. The third-order valence-corrected chi connectivity index (χ3v) is 3.01. The number of nitrogens with one attached hydrogen (secondary N) is 1. The standard InChI is InChI=1S/C14H11NO/c1-15-9-6-7-11-10-4-2-3-5-12(10)14(16)13(11)8-9/h2-8,15H,1H3. The van der Waals surface area contributed by atoms with Crippen molar-refractivity contribution in [2.24, 2.45) is 0 Å². The van der Waals surface area contributed by atoms with E-state index >= 15 is 0 Å². The average molecular weight is 209 g/mol. The molecule has 2 heteroatoms. The molecule has 2 aromatic rings. The van der Waals surface area contributed by atoms with Crippen molar-refractivity contribution in [3.05, 3.63) is 53.6 Å². The van der Waals surface area contributed by atoms with E-state index in [2.05, 4.69) is 5.32 Å². The predicted molar refractivity (Wildman–Crippen MR) is 64.9 cm³/mol. The molecular weight excluding hydrogens is 198 g/mol. The van der Waals surface area contributed by atoms with Crippen LogP contribution in [-0.2, 0) is 0 Å². The third kappa shape index (κ3) is 1.10. The average Bonchev–Trinajstić information content (AvgIpc) is 2.64. The lowest BCUT2D eigenvalue weighted by Gasteiger charge is -2.03. The Labute approximate surface area is 93.9 Å². The molecule has 0 unspecified atom stereocenters. The SMILES string of the molecule is CNc1ccc2c(c1)C(=O)c1ccccc1-2. The Morgan fingerprint density at radius 1 is 0.875 bits per heavy atom. The minimum absolute atomic E-state index is 0.128. The monoisotopic (exact) mass is 209 g/mol. The van der Waals surface area contributed by atoms with Gasteiger partial charge in [0.2, 0.25) is 0 Å². The van der Waals surface area contributed by atoms with Gasteiger partial charge in [0.05, 0.1) is 0 Å². The molecular formula is C14H11NO. The fourth-order valence-corrected chi connectivity index (χ4v) is 2.18. The summed E-state index contributed by atoms with van der Waals surface area (Å²) in [6.45, 7) is 0. The number of anilines is 1. The van der Waals surface area contributed by atoms with Crippen LogP contribution in [0.25, 0.3) is 11.1 Å². The lowest BCUT2D eigenvalue weighted by atomic mass is 10.1. The maximum atomic E-state index is 12.1. The molecule has 0 amide bonds. The van der Waals surface area contributed by atoms with Gasteiger partial charge in [-0.3, -0.25) is 4.79 Å². The summed E-state index contributed by atoms with van der Waals surface area (Å²) in [4.78, 5) is 12.1. The molecule has 16 heavy (non-hydrogen) atoms. The second-order valence-electron chi connectivity index (χ2n) is 3.89. The first-order chi connectivity index (χ1) is 7.81. The summed E-state index contributed by atoms with van der Waals surface area (Å²) in [5.41, 5.74) is 4.67. The third-order valence-electron chi connectivity index (χ3n) is 3.01. The van der Waals surface area contributed by atoms with Gasteiger partial charge in [-0.1, -0.05) is 30.3 Å². The summed E-state index contributed by atoms with van der Waals surface area (Å²) >= 11 is 0. The Balaban J connectivity index is 2.29. The largest absolute Gasteiger partial charge is 0.388 e. The van der Waals surface area contributed by atoms with Gasteiger partial charge in [0.15, 0.2) is 5.78 Å². The highest BCUT2D eigenvalue weighted by Crippen LogP contribution is 2.37. The Kier molecular flexibility index (Phi) is 1.83. The highest BCUT2D eigenvalue weighted by molar-refractivity contribution is 6.22. The molecule has 0 aliphatic heterocycles. The summed E-state index contributed by atoms with van der Waals surface area (Å²) < 4.78 is 0. The first-order valence-electron chi connectivity index (χ1n) is 5.27. The number of carbonyl (C=O) groups excluding carboxylic acids is 1. The van der Waals surface area contributed by atoms with Crippen LogP contribution < -0.4 is 5.32 Å². The fraction of sp³-hybridized carbons (Fsp3) is 0.0714. The molecule has 2 aromatic carbocycles. The maximum Gasteiger partial charge on any atom is 0.194 e. The first-order valence-corrected chi connectivity index (χ1v) is 5.27. The van der Waals surface area contributed by atoms with Gasteiger partial charge in [0.1, 0.15) is 0 Å². The highest BCUT2D eigenvalue weighted by Gasteiger charge is 2.25. The second-order valence-corrected chi connectivity index (χ2v) is 3.89. The molecule has 0 aromatic heterocycles. The summed E-state index contributed by atoms with van der Waals surface area (Å²) in [7, 11) is 1.86. The lowest BCUT2D eigenvalue weighted by molar-refractivity contribution is 0.104. The van der Waals surface area contributed by atoms with Gasteiger partial charge >= 0.3 is 0 Å². The molecule has 0 heterocycles. The van der Waals surface area contributed by atoms with Crippen LogP contribution in [0.15, 0.2) is 42.5 Å². The van der Waals surface area contributed by atoms with E-state index in [1.54, 1.807) is 0 Å². The van der Waals surface area contributed by atoms with Crippen molar-refractivity contribution in [3.8, 4) is 11.1 Å². The van der Waals surface area contributed by atoms with Crippen LogP contribution in [0.4, 0.5) is 5.69 Å². The number of benzene rings is 2. The molecule has 2 nitrogen and oxygen atoms in total. The molecule has 1 aliphatic carbocycles. The predicted octanol–water partition coefficient (Wildman–Crippen LogP) is 2.94. The van der Waals surface area contributed by atoms with Gasteiger partial charge in [0, 0.05) is 23.9 Å². The molecule has 0 atom stereocenters. The van der Waals surface area contributed by atoms with Crippen LogP contribution in [0.5, 0.6) is 0 Å². The van der Waals surface area contributed by atoms with E-state index in [9.17, 15) is 4.79 Å². The number of hydrogen-bond acceptors (Lipinski definition) is 2. The summed E-state index contributed by atoms with van der Waals surface area (Å²) in [6.07, 6.45) is 0. The van der Waals surface area contributed by atoms with Crippen molar-refractivity contribution in [2.45, 2.75) is 0 Å². The first kappa shape index (κ1) is 9.16. The van der Waals surface area contributed by atoms with Crippen LogP contribution in [0.2, 0.25) is 0 Å². The Morgan fingerprint density at radius 3 is 2.31 bits per heavy atom. The molecule has 0 radical (unpaired) electrons. The van der Waals surface area contributed by atoms with Crippen molar-refractivity contribution in [2.75, 3.05) is 12.4 Å². The molecule has 0 saturated heterocycles. The van der Waals surface area contributed by atoms with Crippen LogP contribution in [0, 0.1) is 0 Å². The highest BCUT2D eigenvalue weighted by atomic mass is 16.1. The number of carbonyl (C=O) groups is 1. The van der Waals surface area contributed by atoms with Crippen LogP contribution in [0.1, 0.15) is 15.9 Å². The van der Waals surface area contributed by atoms with Crippen molar-refractivity contribution >= 4 is 11.5 Å². The minimum atomic E-state index is 0.128. The quantitative estimate of drug-likeness (QED) is 0.667. The summed E-state index contributed by atoms with van der Waals surface area (Å²) in [5.74, 6) is 0.128. The van der Waals surface area contributed by atoms with Crippen LogP contribution in [0.3, 0.4) is 0 Å². The smallest absolute Gasteiger partial charge is 0.194 e. The van der Waals surface area contributed by atoms with Gasteiger partial charge in [-0.05, 0) is 23.3 Å². The number of rotatable bonds is 1. The molecule has 0 spiro atoms. The van der Waals surface area contributed by atoms with E-state index in [0.29, 0.717) is 0 Å². The Bertz CT molecular complexity index is 587. The van der Waals surface area contributed by atoms with Crippen LogP contribution >= 0.6 is 0 Å². The number of ketones is 1. The van der Waals surface area contributed by atoms with E-state index in [1.807, 2.05) is 49.5 Å². The summed E-state index contributed by atoms with van der Waals surface area (Å²) in [6, 6.07) is 13.7. The Morgan fingerprint density at radius 2 is 1.56 bits per heavy atom. The van der Waals surface area contributed by atoms with Gasteiger partial charge in [0.25, 0.3) is 0 Å². The van der Waals surface area contributed by atoms with E-state index in [0.717, 1.165) is 27.9 Å². The second kappa shape index (κ2) is 3.20. The number of fused-ring (bicyclic) bond motifs is 3. The van der Waals surface area contributed by atoms with Gasteiger partial charge < -0.3 is 5.32 Å². The molecule has 0 fully saturated rings. The lowest BCUT2D eigenvalue weighted by Crippen LogP contribution is -1.96. The molecule has 1 aliphatic rings. The topological polar surface area (TPSA) is 29.1 Å². The molecule has 1 N–H and O–H groups in total. The maximum absolute atomic E-state index is 12.1. The summed E-state index contributed by atoms with van der Waals surface area (Å²) in [5, 5.41) is 3.05.